The molecule has 1 N–H and O–H groups in total. The lowest BCUT2D eigenvalue weighted by Gasteiger charge is -2.30. The zero-order valence-electron chi connectivity index (χ0n) is 14.6. The third kappa shape index (κ3) is 3.22. The Bertz CT molecular complexity index is 587. The Morgan fingerprint density at radius 3 is 2.46 bits per heavy atom. The molecule has 1 heterocycles. The maximum atomic E-state index is 11.9. The minimum absolute atomic E-state index is 0.162. The van der Waals surface area contributed by atoms with Crippen LogP contribution in [0.3, 0.4) is 0 Å². The summed E-state index contributed by atoms with van der Waals surface area (Å²) in [5, 5.41) is 9.81. The van der Waals surface area contributed by atoms with Gasteiger partial charge in [0, 0.05) is 13.1 Å². The van der Waals surface area contributed by atoms with Crippen molar-refractivity contribution in [3.05, 3.63) is 23.8 Å². The topological polar surface area (TPSA) is 59.0 Å². The van der Waals surface area contributed by atoms with E-state index in [-0.39, 0.29) is 6.10 Å². The molecule has 3 rings (SSSR count). The molecule has 0 unspecified atom stereocenters. The van der Waals surface area contributed by atoms with E-state index >= 15 is 0 Å². The van der Waals surface area contributed by atoms with E-state index in [2.05, 4.69) is 11.9 Å². The fourth-order valence-electron chi connectivity index (χ4n) is 3.95. The summed E-state index contributed by atoms with van der Waals surface area (Å²) < 4.78 is 11.6. The van der Waals surface area contributed by atoms with E-state index in [1.165, 1.54) is 0 Å². The van der Waals surface area contributed by atoms with E-state index in [9.17, 15) is 9.90 Å². The number of carboxylic acids is 1. The molecule has 1 aliphatic carbocycles. The summed E-state index contributed by atoms with van der Waals surface area (Å²) in [4.78, 5) is 14.2. The van der Waals surface area contributed by atoms with Crippen molar-refractivity contribution >= 4 is 5.97 Å². The number of aliphatic carboxylic acids is 1. The van der Waals surface area contributed by atoms with Gasteiger partial charge in [-0.2, -0.15) is 0 Å². The van der Waals surface area contributed by atoms with Crippen LogP contribution in [0, 0.1) is 0 Å². The lowest BCUT2D eigenvalue weighted by Crippen LogP contribution is -2.36. The molecule has 1 saturated carbocycles. The fourth-order valence-corrected chi connectivity index (χ4v) is 3.95. The first-order valence-corrected chi connectivity index (χ1v) is 8.82. The van der Waals surface area contributed by atoms with Crippen LogP contribution in [-0.4, -0.2) is 49.3 Å². The van der Waals surface area contributed by atoms with E-state index < -0.39 is 11.4 Å². The standard InChI is InChI=1S/C19H27NO4/c1-20-11-7-15(8-12-20)24-17-13-14(5-6-16(17)23-2)19(18(21)22)9-3-4-10-19/h5-6,13,15H,3-4,7-12H2,1-2H3,(H,21,22). The van der Waals surface area contributed by atoms with E-state index in [0.717, 1.165) is 44.3 Å². The molecule has 0 amide bonds. The van der Waals surface area contributed by atoms with Gasteiger partial charge in [-0.3, -0.25) is 4.79 Å². The van der Waals surface area contributed by atoms with Gasteiger partial charge in [-0.15, -0.1) is 0 Å². The summed E-state index contributed by atoms with van der Waals surface area (Å²) in [6.45, 7) is 2.04. The van der Waals surface area contributed by atoms with Crippen LogP contribution in [0.1, 0.15) is 44.1 Å². The predicted molar refractivity (Wildman–Crippen MR) is 91.9 cm³/mol. The van der Waals surface area contributed by atoms with Gasteiger partial charge in [0.15, 0.2) is 11.5 Å². The van der Waals surface area contributed by atoms with Crippen molar-refractivity contribution in [1.82, 2.24) is 4.90 Å². The van der Waals surface area contributed by atoms with Gasteiger partial charge in [0.2, 0.25) is 0 Å². The number of piperidine rings is 1. The van der Waals surface area contributed by atoms with Gasteiger partial charge < -0.3 is 19.5 Å². The van der Waals surface area contributed by atoms with Crippen molar-refractivity contribution in [3.63, 3.8) is 0 Å². The van der Waals surface area contributed by atoms with Crippen molar-refractivity contribution in [2.45, 2.75) is 50.0 Å². The van der Waals surface area contributed by atoms with Crippen molar-refractivity contribution in [2.24, 2.45) is 0 Å². The monoisotopic (exact) mass is 333 g/mol. The summed E-state index contributed by atoms with van der Waals surface area (Å²) in [5.41, 5.74) is 0.0770. The highest BCUT2D eigenvalue weighted by Crippen LogP contribution is 2.44. The van der Waals surface area contributed by atoms with Crippen molar-refractivity contribution in [3.8, 4) is 11.5 Å². The van der Waals surface area contributed by atoms with E-state index in [0.29, 0.717) is 24.3 Å². The minimum atomic E-state index is -0.767. The van der Waals surface area contributed by atoms with Crippen molar-refractivity contribution in [1.29, 1.82) is 0 Å². The summed E-state index contributed by atoms with van der Waals surface area (Å²) >= 11 is 0. The molecule has 1 aromatic rings. The highest BCUT2D eigenvalue weighted by Gasteiger charge is 2.43. The first-order valence-electron chi connectivity index (χ1n) is 8.82. The molecule has 0 bridgehead atoms. The normalized spacial score (nSPS) is 21.6. The number of nitrogens with zero attached hydrogens (tertiary/aromatic N) is 1. The SMILES string of the molecule is COc1ccc(C2(C(=O)O)CCCC2)cc1OC1CCN(C)CC1. The molecule has 2 aliphatic rings. The Morgan fingerprint density at radius 1 is 1.21 bits per heavy atom. The molecule has 132 valence electrons. The Balaban J connectivity index is 1.86. The van der Waals surface area contributed by atoms with Crippen LogP contribution in [0.15, 0.2) is 18.2 Å². The molecule has 2 fully saturated rings. The molecule has 0 aromatic heterocycles. The quantitative estimate of drug-likeness (QED) is 0.897. The lowest BCUT2D eigenvalue weighted by atomic mass is 9.79. The summed E-state index contributed by atoms with van der Waals surface area (Å²) in [6.07, 6.45) is 5.44. The predicted octanol–water partition coefficient (Wildman–Crippen LogP) is 3.06. The molecular weight excluding hydrogens is 306 g/mol. The summed E-state index contributed by atoms with van der Waals surface area (Å²) in [7, 11) is 3.74. The Kier molecular flexibility index (Phi) is 4.99. The van der Waals surface area contributed by atoms with E-state index in [1.54, 1.807) is 7.11 Å². The van der Waals surface area contributed by atoms with Crippen LogP contribution in [0.2, 0.25) is 0 Å². The van der Waals surface area contributed by atoms with Gasteiger partial charge in [0.25, 0.3) is 0 Å². The molecule has 5 heteroatoms. The fraction of sp³-hybridized carbons (Fsp3) is 0.632. The Hall–Kier alpha value is -1.75. The van der Waals surface area contributed by atoms with Crippen molar-refractivity contribution < 1.29 is 19.4 Å². The minimum Gasteiger partial charge on any atom is -0.493 e. The average molecular weight is 333 g/mol. The Morgan fingerprint density at radius 2 is 1.88 bits per heavy atom. The molecule has 0 spiro atoms. The number of methoxy groups -OCH3 is 1. The number of ether oxygens (including phenoxy) is 2. The third-order valence-electron chi connectivity index (χ3n) is 5.54. The second-order valence-corrected chi connectivity index (χ2v) is 7.08. The summed E-state index contributed by atoms with van der Waals surface area (Å²) in [5.74, 6) is 0.628. The maximum absolute atomic E-state index is 11.9. The highest BCUT2D eigenvalue weighted by atomic mass is 16.5. The molecule has 5 nitrogen and oxygen atoms in total. The van der Waals surface area contributed by atoms with Crippen LogP contribution >= 0.6 is 0 Å². The second kappa shape index (κ2) is 7.01. The van der Waals surface area contributed by atoms with Gasteiger partial charge >= 0.3 is 5.97 Å². The highest BCUT2D eigenvalue weighted by molar-refractivity contribution is 5.82. The van der Waals surface area contributed by atoms with Crippen LogP contribution in [0.4, 0.5) is 0 Å². The molecule has 1 saturated heterocycles. The third-order valence-corrected chi connectivity index (χ3v) is 5.54. The van der Waals surface area contributed by atoms with Gasteiger partial charge in [-0.1, -0.05) is 18.9 Å². The van der Waals surface area contributed by atoms with Gasteiger partial charge in [-0.05, 0) is 50.4 Å². The number of likely N-dealkylation sites (tertiary alicyclic amines) is 1. The van der Waals surface area contributed by atoms with Gasteiger partial charge in [0.05, 0.1) is 12.5 Å². The Labute approximate surface area is 143 Å². The average Bonchev–Trinajstić information content (AvgIpc) is 3.08. The molecule has 1 aliphatic heterocycles. The summed E-state index contributed by atoms with van der Waals surface area (Å²) in [6, 6.07) is 5.64. The maximum Gasteiger partial charge on any atom is 0.314 e. The number of rotatable bonds is 5. The number of hydrogen-bond donors (Lipinski definition) is 1. The molecular formula is C19H27NO4. The number of benzene rings is 1. The van der Waals surface area contributed by atoms with Crippen LogP contribution in [0.5, 0.6) is 11.5 Å². The smallest absolute Gasteiger partial charge is 0.314 e. The number of carboxylic acid groups (broad SMARTS) is 1. The lowest BCUT2D eigenvalue weighted by molar-refractivity contribution is -0.143. The first kappa shape index (κ1) is 17.1. The van der Waals surface area contributed by atoms with Gasteiger partial charge in [0.1, 0.15) is 6.10 Å². The number of carbonyl (C=O) groups is 1. The molecule has 0 radical (unpaired) electrons. The largest absolute Gasteiger partial charge is 0.493 e. The zero-order chi connectivity index (χ0) is 17.2. The number of hydrogen-bond acceptors (Lipinski definition) is 4. The molecule has 1 aromatic carbocycles. The van der Waals surface area contributed by atoms with E-state index in [1.807, 2.05) is 18.2 Å². The van der Waals surface area contributed by atoms with Crippen LogP contribution < -0.4 is 9.47 Å². The second-order valence-electron chi connectivity index (χ2n) is 7.08. The van der Waals surface area contributed by atoms with Crippen molar-refractivity contribution in [2.75, 3.05) is 27.2 Å². The van der Waals surface area contributed by atoms with Gasteiger partial charge in [-0.25, -0.2) is 0 Å². The molecule has 0 atom stereocenters. The van der Waals surface area contributed by atoms with E-state index in [4.69, 9.17) is 9.47 Å². The van der Waals surface area contributed by atoms with Crippen LogP contribution in [0.25, 0.3) is 0 Å². The first-order chi connectivity index (χ1) is 11.5. The van der Waals surface area contributed by atoms with Crippen LogP contribution in [-0.2, 0) is 10.2 Å². The molecule has 24 heavy (non-hydrogen) atoms. The zero-order valence-corrected chi connectivity index (χ0v) is 14.6.